The van der Waals surface area contributed by atoms with Crippen molar-refractivity contribution in [3.63, 3.8) is 0 Å². The first-order valence-corrected chi connectivity index (χ1v) is 13.3. The Labute approximate surface area is 232 Å². The first kappa shape index (κ1) is 28.4. The van der Waals surface area contributed by atoms with Gasteiger partial charge in [0.15, 0.2) is 0 Å². The number of aromatic amines is 1. The zero-order chi connectivity index (χ0) is 28.0. The molecule has 0 aliphatic carbocycles. The van der Waals surface area contributed by atoms with E-state index in [4.69, 9.17) is 11.6 Å². The Kier molecular flexibility index (Phi) is 9.07. The lowest BCUT2D eigenvalue weighted by atomic mass is 9.92. The summed E-state index contributed by atoms with van der Waals surface area (Å²) in [6.07, 6.45) is 0.889. The molecule has 0 aliphatic rings. The van der Waals surface area contributed by atoms with E-state index < -0.39 is 6.10 Å². The number of benzene rings is 3. The van der Waals surface area contributed by atoms with Crippen molar-refractivity contribution in [3.05, 3.63) is 110 Å². The number of aliphatic hydroxyl groups excluding tert-OH is 1. The van der Waals surface area contributed by atoms with Crippen molar-refractivity contribution in [3.8, 4) is 5.75 Å². The number of nitrogens with one attached hydrogen (secondary N) is 3. The van der Waals surface area contributed by atoms with E-state index in [1.807, 2.05) is 48.5 Å². The molecule has 0 saturated heterocycles. The van der Waals surface area contributed by atoms with Crippen molar-refractivity contribution < 1.29 is 15.0 Å². The minimum Gasteiger partial charge on any atom is -0.506 e. The molecule has 1 heterocycles. The highest BCUT2D eigenvalue weighted by molar-refractivity contribution is 6.30. The van der Waals surface area contributed by atoms with E-state index in [9.17, 15) is 19.8 Å². The number of hydrogen-bond acceptors (Lipinski definition) is 5. The van der Waals surface area contributed by atoms with Gasteiger partial charge in [-0.15, -0.1) is 0 Å². The number of phenolic OH excluding ortho intramolecular Hbond substituents is 1. The number of carbonyl (C=O) groups is 1. The van der Waals surface area contributed by atoms with Gasteiger partial charge in [0.2, 0.25) is 11.5 Å². The van der Waals surface area contributed by atoms with Crippen molar-refractivity contribution >= 4 is 28.4 Å². The lowest BCUT2D eigenvalue weighted by Crippen LogP contribution is -2.43. The number of halogens is 1. The summed E-state index contributed by atoms with van der Waals surface area (Å²) in [6.45, 7) is 4.96. The maximum Gasteiger partial charge on any atom is 0.248 e. The molecule has 3 aromatic carbocycles. The average molecular weight is 548 g/mol. The highest BCUT2D eigenvalue weighted by Gasteiger charge is 2.21. The number of aliphatic hydroxyl groups is 1. The molecule has 4 aromatic rings. The van der Waals surface area contributed by atoms with E-state index in [0.717, 1.165) is 23.1 Å². The van der Waals surface area contributed by atoms with Crippen molar-refractivity contribution in [1.29, 1.82) is 0 Å². The Hall–Kier alpha value is -3.65. The molecule has 0 spiro atoms. The molecular formula is C31H34ClN3O4. The molecule has 1 amide bonds. The second-order valence-corrected chi connectivity index (χ2v) is 10.9. The van der Waals surface area contributed by atoms with Gasteiger partial charge < -0.3 is 25.8 Å². The molecule has 0 unspecified atom stereocenters. The molecule has 204 valence electrons. The summed E-state index contributed by atoms with van der Waals surface area (Å²) < 4.78 is 0. The van der Waals surface area contributed by atoms with Crippen LogP contribution in [0.2, 0.25) is 5.02 Å². The fourth-order valence-electron chi connectivity index (χ4n) is 4.70. The normalized spacial score (nSPS) is 12.4. The predicted octanol–water partition coefficient (Wildman–Crippen LogP) is 4.43. The Balaban J connectivity index is 1.31. The summed E-state index contributed by atoms with van der Waals surface area (Å²) in [5.74, 6) is -0.0638. The lowest BCUT2D eigenvalue weighted by molar-refractivity contribution is -0.120. The van der Waals surface area contributed by atoms with Gasteiger partial charge in [-0.05, 0) is 73.2 Å². The lowest BCUT2D eigenvalue weighted by Gasteiger charge is -2.28. The largest absolute Gasteiger partial charge is 0.506 e. The van der Waals surface area contributed by atoms with E-state index in [1.165, 1.54) is 12.1 Å². The van der Waals surface area contributed by atoms with Crippen molar-refractivity contribution in [2.75, 3.05) is 13.1 Å². The number of amides is 1. The van der Waals surface area contributed by atoms with Gasteiger partial charge in [-0.3, -0.25) is 9.59 Å². The minimum atomic E-state index is -0.846. The third-order valence-electron chi connectivity index (χ3n) is 6.69. The first-order valence-electron chi connectivity index (χ1n) is 13.0. The van der Waals surface area contributed by atoms with Gasteiger partial charge in [0, 0.05) is 35.1 Å². The van der Waals surface area contributed by atoms with Crippen LogP contribution in [0.4, 0.5) is 0 Å². The Morgan fingerprint density at radius 3 is 2.51 bits per heavy atom. The number of phenols is 1. The minimum absolute atomic E-state index is 0.0240. The van der Waals surface area contributed by atoms with Crippen LogP contribution in [0.1, 0.15) is 42.2 Å². The highest BCUT2D eigenvalue weighted by atomic mass is 35.5. The molecule has 39 heavy (non-hydrogen) atoms. The zero-order valence-electron chi connectivity index (χ0n) is 22.1. The summed E-state index contributed by atoms with van der Waals surface area (Å²) in [7, 11) is 0. The van der Waals surface area contributed by atoms with Gasteiger partial charge in [-0.25, -0.2) is 0 Å². The first-order chi connectivity index (χ1) is 18.6. The van der Waals surface area contributed by atoms with E-state index in [0.29, 0.717) is 40.9 Å². The number of β-amino-alcohol motifs (C(OH)–C–C–N with tert-alkyl or cyclic N) is 1. The number of rotatable bonds is 11. The topological polar surface area (TPSA) is 114 Å². The van der Waals surface area contributed by atoms with E-state index >= 15 is 0 Å². The zero-order valence-corrected chi connectivity index (χ0v) is 22.9. The van der Waals surface area contributed by atoms with Crippen LogP contribution in [0.5, 0.6) is 5.75 Å². The Bertz CT molecular complexity index is 1500. The number of fused-ring (bicyclic) bond motifs is 1. The number of carbonyl (C=O) groups excluding carboxylic acids is 1. The molecule has 1 atom stereocenters. The van der Waals surface area contributed by atoms with Gasteiger partial charge in [0.05, 0.1) is 18.0 Å². The summed E-state index contributed by atoms with van der Waals surface area (Å²) >= 11 is 5.92. The summed E-state index contributed by atoms with van der Waals surface area (Å²) in [5, 5.41) is 28.7. The Morgan fingerprint density at radius 2 is 1.74 bits per heavy atom. The number of aromatic hydroxyl groups is 1. The van der Waals surface area contributed by atoms with Crippen molar-refractivity contribution in [1.82, 2.24) is 15.6 Å². The standard InChI is InChI=1S/C31H34ClN3O4/c1-31(2,34-19-27(37)24-10-12-26(36)30-25(24)11-13-28(38)35-30)18-22-5-3-4-21(16-22)17-29(39)33-15-14-20-6-8-23(32)9-7-20/h3-13,16,27,34,36-37H,14-15,17-19H2,1-2H3,(H,33,39)(H,35,38)/t27-/m0/s1. The fraction of sp³-hybridized carbons (Fsp3) is 0.290. The number of pyridine rings is 1. The van der Waals surface area contributed by atoms with Gasteiger partial charge in [0.25, 0.3) is 0 Å². The predicted molar refractivity (Wildman–Crippen MR) is 155 cm³/mol. The maximum absolute atomic E-state index is 12.5. The SMILES string of the molecule is CC(C)(Cc1cccc(CC(=O)NCCc2ccc(Cl)cc2)c1)NC[C@H](O)c1ccc(O)c2[nH]c(=O)ccc12. The van der Waals surface area contributed by atoms with Crippen LogP contribution in [0.3, 0.4) is 0 Å². The van der Waals surface area contributed by atoms with E-state index in [-0.39, 0.29) is 29.3 Å². The smallest absolute Gasteiger partial charge is 0.248 e. The molecule has 0 fully saturated rings. The van der Waals surface area contributed by atoms with Gasteiger partial charge in [0.1, 0.15) is 5.75 Å². The van der Waals surface area contributed by atoms with Gasteiger partial charge in [-0.2, -0.15) is 0 Å². The van der Waals surface area contributed by atoms with Crippen LogP contribution >= 0.6 is 11.6 Å². The summed E-state index contributed by atoms with van der Waals surface area (Å²) in [4.78, 5) is 26.8. The molecule has 5 N–H and O–H groups in total. The molecule has 0 saturated carbocycles. The van der Waals surface area contributed by atoms with Crippen LogP contribution in [0.25, 0.3) is 10.9 Å². The molecule has 0 aliphatic heterocycles. The Morgan fingerprint density at radius 1 is 1.00 bits per heavy atom. The maximum atomic E-state index is 12.5. The highest BCUT2D eigenvalue weighted by Crippen LogP contribution is 2.29. The number of H-pyrrole nitrogens is 1. The fourth-order valence-corrected chi connectivity index (χ4v) is 4.83. The third kappa shape index (κ3) is 7.93. The van der Waals surface area contributed by atoms with Crippen LogP contribution in [0.15, 0.2) is 77.6 Å². The van der Waals surface area contributed by atoms with Crippen LogP contribution in [-0.2, 0) is 24.1 Å². The second kappa shape index (κ2) is 12.5. The molecule has 4 rings (SSSR count). The van der Waals surface area contributed by atoms with E-state index in [2.05, 4.69) is 29.5 Å². The summed E-state index contributed by atoms with van der Waals surface area (Å²) in [5.41, 5.74) is 3.41. The van der Waals surface area contributed by atoms with Crippen molar-refractivity contribution in [2.45, 2.75) is 44.8 Å². The van der Waals surface area contributed by atoms with Crippen LogP contribution in [0, 0.1) is 0 Å². The van der Waals surface area contributed by atoms with E-state index in [1.54, 1.807) is 12.1 Å². The second-order valence-electron chi connectivity index (χ2n) is 10.5. The average Bonchev–Trinajstić information content (AvgIpc) is 2.89. The van der Waals surface area contributed by atoms with Gasteiger partial charge >= 0.3 is 0 Å². The monoisotopic (exact) mass is 547 g/mol. The summed E-state index contributed by atoms with van der Waals surface area (Å²) in [6, 6.07) is 21.7. The van der Waals surface area contributed by atoms with Gasteiger partial charge in [-0.1, -0.05) is 54.1 Å². The number of hydrogen-bond donors (Lipinski definition) is 5. The van der Waals surface area contributed by atoms with Crippen LogP contribution in [-0.4, -0.2) is 39.7 Å². The molecular weight excluding hydrogens is 514 g/mol. The van der Waals surface area contributed by atoms with Crippen LogP contribution < -0.4 is 16.2 Å². The molecule has 1 aromatic heterocycles. The molecule has 8 heteroatoms. The third-order valence-corrected chi connectivity index (χ3v) is 6.94. The molecule has 0 radical (unpaired) electrons. The molecule has 0 bridgehead atoms. The number of aromatic nitrogens is 1. The molecule has 7 nitrogen and oxygen atoms in total. The quantitative estimate of drug-likeness (QED) is 0.190. The van der Waals surface area contributed by atoms with Crippen molar-refractivity contribution in [2.24, 2.45) is 0 Å².